The Hall–Kier alpha value is -3.44. The number of carbonyl (C=O) groups excluding carboxylic acids is 1. The molecule has 5 aromatic rings. The molecule has 0 radical (unpaired) electrons. The normalized spacial score (nSPS) is 11.3. The minimum atomic E-state index is -0.0669. The van der Waals surface area contributed by atoms with Crippen LogP contribution in [0.15, 0.2) is 72.9 Å². The van der Waals surface area contributed by atoms with Gasteiger partial charge < -0.3 is 5.32 Å². The summed E-state index contributed by atoms with van der Waals surface area (Å²) < 4.78 is 3.16. The first kappa shape index (κ1) is 18.6. The maximum absolute atomic E-state index is 12.6. The van der Waals surface area contributed by atoms with E-state index < -0.39 is 0 Å². The molecule has 0 aliphatic heterocycles. The standard InChI is InChI=1S/C25H21N3OS/c1-16-8-10-20(17(2)12-16)21-15-28-22-11-9-19(13-23(22)30-25(28)27-21)24(29)26-14-18-6-4-3-5-7-18/h3-13,15H,14H2,1-2H3,(H,26,29). The van der Waals surface area contributed by atoms with Crippen LogP contribution in [-0.4, -0.2) is 15.3 Å². The monoisotopic (exact) mass is 411 g/mol. The summed E-state index contributed by atoms with van der Waals surface area (Å²) in [6, 6.07) is 22.2. The van der Waals surface area contributed by atoms with E-state index >= 15 is 0 Å². The number of imidazole rings is 1. The van der Waals surface area contributed by atoms with E-state index in [2.05, 4.69) is 48.0 Å². The van der Waals surface area contributed by atoms with E-state index in [1.807, 2.05) is 48.5 Å². The van der Waals surface area contributed by atoms with Gasteiger partial charge in [0.25, 0.3) is 5.91 Å². The molecule has 0 fully saturated rings. The molecule has 0 aliphatic rings. The van der Waals surface area contributed by atoms with Gasteiger partial charge in [0.05, 0.1) is 15.9 Å². The molecule has 5 heteroatoms. The molecule has 3 aromatic carbocycles. The van der Waals surface area contributed by atoms with Gasteiger partial charge >= 0.3 is 0 Å². The van der Waals surface area contributed by atoms with Crippen LogP contribution >= 0.6 is 11.3 Å². The number of hydrogen-bond acceptors (Lipinski definition) is 3. The Kier molecular flexibility index (Phi) is 4.60. The van der Waals surface area contributed by atoms with Crippen molar-refractivity contribution in [3.05, 3.63) is 95.2 Å². The summed E-state index contributed by atoms with van der Waals surface area (Å²) in [6.07, 6.45) is 2.08. The first-order valence-electron chi connectivity index (χ1n) is 9.90. The summed E-state index contributed by atoms with van der Waals surface area (Å²) in [4.78, 5) is 18.4. The second-order valence-electron chi connectivity index (χ2n) is 7.55. The molecular weight excluding hydrogens is 390 g/mol. The summed E-state index contributed by atoms with van der Waals surface area (Å²) in [6.45, 7) is 4.74. The highest BCUT2D eigenvalue weighted by atomic mass is 32.1. The van der Waals surface area contributed by atoms with Crippen molar-refractivity contribution in [1.29, 1.82) is 0 Å². The number of benzene rings is 3. The van der Waals surface area contributed by atoms with Crippen LogP contribution in [0.3, 0.4) is 0 Å². The largest absolute Gasteiger partial charge is 0.348 e. The van der Waals surface area contributed by atoms with Crippen molar-refractivity contribution >= 4 is 32.4 Å². The predicted molar refractivity (Wildman–Crippen MR) is 123 cm³/mol. The first-order valence-corrected chi connectivity index (χ1v) is 10.7. The Labute approximate surface area is 178 Å². The lowest BCUT2D eigenvalue weighted by molar-refractivity contribution is 0.0951. The summed E-state index contributed by atoms with van der Waals surface area (Å²) in [7, 11) is 0. The maximum atomic E-state index is 12.6. The van der Waals surface area contributed by atoms with Crippen molar-refractivity contribution in [2.45, 2.75) is 20.4 Å². The summed E-state index contributed by atoms with van der Waals surface area (Å²) in [5.41, 5.74) is 7.42. The third kappa shape index (κ3) is 3.37. The topological polar surface area (TPSA) is 46.4 Å². The fourth-order valence-corrected chi connectivity index (χ4v) is 4.80. The molecule has 1 N–H and O–H groups in total. The van der Waals surface area contributed by atoms with E-state index in [1.54, 1.807) is 11.3 Å². The fraction of sp³-hybridized carbons (Fsp3) is 0.120. The number of hydrogen-bond donors (Lipinski definition) is 1. The van der Waals surface area contributed by atoms with Crippen molar-refractivity contribution in [1.82, 2.24) is 14.7 Å². The zero-order valence-corrected chi connectivity index (χ0v) is 17.7. The molecule has 148 valence electrons. The maximum Gasteiger partial charge on any atom is 0.251 e. The zero-order valence-electron chi connectivity index (χ0n) is 16.8. The Morgan fingerprint density at radius 2 is 1.87 bits per heavy atom. The SMILES string of the molecule is Cc1ccc(-c2cn3c(n2)sc2cc(C(=O)NCc4ccccc4)ccc23)c(C)c1. The van der Waals surface area contributed by atoms with Crippen LogP contribution in [0.25, 0.3) is 26.4 Å². The molecular formula is C25H21N3OS. The van der Waals surface area contributed by atoms with Crippen molar-refractivity contribution in [3.63, 3.8) is 0 Å². The highest BCUT2D eigenvalue weighted by molar-refractivity contribution is 7.23. The number of nitrogens with zero attached hydrogens (tertiary/aromatic N) is 2. The van der Waals surface area contributed by atoms with E-state index in [-0.39, 0.29) is 5.91 Å². The molecule has 0 saturated carbocycles. The van der Waals surface area contributed by atoms with E-state index in [0.29, 0.717) is 12.1 Å². The third-order valence-electron chi connectivity index (χ3n) is 5.31. The molecule has 0 spiro atoms. The van der Waals surface area contributed by atoms with Crippen molar-refractivity contribution < 1.29 is 4.79 Å². The van der Waals surface area contributed by atoms with E-state index in [1.165, 1.54) is 11.1 Å². The van der Waals surface area contributed by atoms with Crippen LogP contribution < -0.4 is 5.32 Å². The number of carbonyl (C=O) groups is 1. The van der Waals surface area contributed by atoms with Crippen LogP contribution in [0.4, 0.5) is 0 Å². The molecule has 0 unspecified atom stereocenters. The van der Waals surface area contributed by atoms with Gasteiger partial charge in [0.1, 0.15) is 0 Å². The minimum absolute atomic E-state index is 0.0669. The van der Waals surface area contributed by atoms with E-state index in [0.717, 1.165) is 32.0 Å². The first-order chi connectivity index (χ1) is 14.6. The molecule has 30 heavy (non-hydrogen) atoms. The molecule has 2 heterocycles. The Morgan fingerprint density at radius 3 is 2.67 bits per heavy atom. The van der Waals surface area contributed by atoms with Gasteiger partial charge in [0.2, 0.25) is 0 Å². The number of nitrogens with one attached hydrogen (secondary N) is 1. The van der Waals surface area contributed by atoms with Gasteiger partial charge in [-0.25, -0.2) is 4.98 Å². The van der Waals surface area contributed by atoms with Crippen LogP contribution in [-0.2, 0) is 6.54 Å². The van der Waals surface area contributed by atoms with Crippen LogP contribution in [0.1, 0.15) is 27.0 Å². The lowest BCUT2D eigenvalue weighted by Crippen LogP contribution is -2.22. The average Bonchev–Trinajstić information content (AvgIpc) is 3.30. The van der Waals surface area contributed by atoms with Crippen LogP contribution in [0.5, 0.6) is 0 Å². The minimum Gasteiger partial charge on any atom is -0.348 e. The number of rotatable bonds is 4. The van der Waals surface area contributed by atoms with Gasteiger partial charge in [-0.1, -0.05) is 65.4 Å². The third-order valence-corrected chi connectivity index (χ3v) is 6.33. The number of fused-ring (bicyclic) bond motifs is 3. The summed E-state index contributed by atoms with van der Waals surface area (Å²) >= 11 is 1.60. The smallest absolute Gasteiger partial charge is 0.251 e. The van der Waals surface area contributed by atoms with E-state index in [4.69, 9.17) is 4.98 Å². The van der Waals surface area contributed by atoms with Gasteiger partial charge in [-0.15, -0.1) is 0 Å². The fourth-order valence-electron chi connectivity index (χ4n) is 3.75. The highest BCUT2D eigenvalue weighted by Gasteiger charge is 2.14. The Bertz CT molecular complexity index is 1380. The molecule has 2 aromatic heterocycles. The quantitative estimate of drug-likeness (QED) is 0.408. The summed E-state index contributed by atoms with van der Waals surface area (Å²) in [5, 5.41) is 2.99. The Morgan fingerprint density at radius 1 is 1.03 bits per heavy atom. The van der Waals surface area contributed by atoms with Crippen molar-refractivity contribution in [3.8, 4) is 11.3 Å². The average molecular weight is 412 g/mol. The molecule has 1 amide bonds. The van der Waals surface area contributed by atoms with E-state index in [9.17, 15) is 4.79 Å². The number of aromatic nitrogens is 2. The molecule has 0 saturated heterocycles. The number of aryl methyl sites for hydroxylation is 2. The van der Waals surface area contributed by atoms with Gasteiger partial charge in [-0.3, -0.25) is 9.20 Å². The number of amides is 1. The van der Waals surface area contributed by atoms with Gasteiger partial charge in [-0.2, -0.15) is 0 Å². The summed E-state index contributed by atoms with van der Waals surface area (Å²) in [5.74, 6) is -0.0669. The molecule has 0 bridgehead atoms. The second kappa shape index (κ2) is 7.43. The van der Waals surface area contributed by atoms with Crippen LogP contribution in [0.2, 0.25) is 0 Å². The molecule has 0 atom stereocenters. The van der Waals surface area contributed by atoms with Crippen molar-refractivity contribution in [2.24, 2.45) is 0 Å². The van der Waals surface area contributed by atoms with Gasteiger partial charge in [0.15, 0.2) is 4.96 Å². The van der Waals surface area contributed by atoms with Crippen molar-refractivity contribution in [2.75, 3.05) is 0 Å². The molecule has 0 aliphatic carbocycles. The lowest BCUT2D eigenvalue weighted by atomic mass is 10.0. The Balaban J connectivity index is 1.43. The zero-order chi connectivity index (χ0) is 20.7. The molecule has 4 nitrogen and oxygen atoms in total. The van der Waals surface area contributed by atoms with Gasteiger partial charge in [-0.05, 0) is 43.2 Å². The number of thiazole rings is 1. The predicted octanol–water partition coefficient (Wildman–Crippen LogP) is 5.76. The highest BCUT2D eigenvalue weighted by Crippen LogP contribution is 2.31. The second-order valence-corrected chi connectivity index (χ2v) is 8.56. The van der Waals surface area contributed by atoms with Crippen LogP contribution in [0, 0.1) is 13.8 Å². The molecule has 5 rings (SSSR count). The van der Waals surface area contributed by atoms with Gasteiger partial charge in [0, 0.05) is 23.9 Å². The lowest BCUT2D eigenvalue weighted by Gasteiger charge is -2.05.